The summed E-state index contributed by atoms with van der Waals surface area (Å²) in [5, 5.41) is 8.89. The van der Waals surface area contributed by atoms with E-state index < -0.39 is 10.8 Å². The number of halogens is 1. The Morgan fingerprint density at radius 2 is 2.33 bits per heavy atom. The minimum Gasteiger partial charge on any atom is -0.480 e. The number of hydrogen-bond acceptors (Lipinski definition) is 2. The van der Waals surface area contributed by atoms with Crippen LogP contribution in [0.4, 0.5) is 0 Å². The molecule has 0 aromatic heterocycles. The molecule has 0 spiro atoms. The van der Waals surface area contributed by atoms with Crippen LogP contribution in [0.2, 0.25) is 0 Å². The molecule has 0 aromatic rings. The van der Waals surface area contributed by atoms with Crippen LogP contribution in [0, 0.1) is 0 Å². The summed E-state index contributed by atoms with van der Waals surface area (Å²) in [5.74, 6) is -0.962. The highest BCUT2D eigenvalue weighted by Crippen LogP contribution is 2.36. The molecule has 0 bridgehead atoms. The van der Waals surface area contributed by atoms with E-state index in [4.69, 9.17) is 21.4 Å². The maximum absolute atomic E-state index is 10.8. The number of aliphatic carboxylic acids is 1. The van der Waals surface area contributed by atoms with E-state index in [9.17, 15) is 4.79 Å². The van der Waals surface area contributed by atoms with Gasteiger partial charge in [-0.3, -0.25) is 4.79 Å². The second-order valence-electron chi connectivity index (χ2n) is 3.14. The Hall–Kier alpha value is -0.280. The summed E-state index contributed by atoms with van der Waals surface area (Å²) >= 11 is 5.95. The van der Waals surface area contributed by atoms with E-state index in [1.807, 2.05) is 0 Å². The molecule has 1 aliphatic carbocycles. The smallest absolute Gasteiger partial charge is 0.327 e. The fraction of sp³-hybridized carbons (Fsp3) is 0.875. The lowest BCUT2D eigenvalue weighted by molar-refractivity contribution is -0.145. The van der Waals surface area contributed by atoms with E-state index in [2.05, 4.69) is 0 Å². The van der Waals surface area contributed by atoms with E-state index in [1.165, 1.54) is 7.11 Å². The van der Waals surface area contributed by atoms with Crippen LogP contribution in [0.15, 0.2) is 0 Å². The monoisotopic (exact) mass is 192 g/mol. The van der Waals surface area contributed by atoms with Gasteiger partial charge in [-0.25, -0.2) is 0 Å². The second-order valence-corrected chi connectivity index (χ2v) is 3.81. The average molecular weight is 193 g/mol. The molecule has 0 amide bonds. The standard InChI is InChI=1S/C8H13ClO3/c1-12-6-4-2-3-5-8(6,9)7(10)11/h6H,2-5H2,1H3,(H,10,11). The van der Waals surface area contributed by atoms with Gasteiger partial charge in [-0.15, -0.1) is 11.6 Å². The van der Waals surface area contributed by atoms with Crippen molar-refractivity contribution in [2.45, 2.75) is 36.7 Å². The zero-order valence-electron chi connectivity index (χ0n) is 7.05. The molecule has 70 valence electrons. The first-order valence-electron chi connectivity index (χ1n) is 4.06. The van der Waals surface area contributed by atoms with Crippen LogP contribution in [0.5, 0.6) is 0 Å². The summed E-state index contributed by atoms with van der Waals surface area (Å²) in [6.45, 7) is 0. The molecule has 0 saturated heterocycles. The molecule has 0 aromatic carbocycles. The van der Waals surface area contributed by atoms with Gasteiger partial charge in [0.25, 0.3) is 0 Å². The van der Waals surface area contributed by atoms with Crippen molar-refractivity contribution in [2.24, 2.45) is 0 Å². The molecule has 2 atom stereocenters. The maximum atomic E-state index is 10.8. The molecule has 0 heterocycles. The van der Waals surface area contributed by atoms with Crippen molar-refractivity contribution in [3.63, 3.8) is 0 Å². The Bertz CT molecular complexity index is 183. The fourth-order valence-corrected chi connectivity index (χ4v) is 1.98. The quantitative estimate of drug-likeness (QED) is 0.677. The lowest BCUT2D eigenvalue weighted by Crippen LogP contribution is -2.47. The number of hydrogen-bond donors (Lipinski definition) is 1. The molecule has 3 nitrogen and oxygen atoms in total. The highest BCUT2D eigenvalue weighted by atomic mass is 35.5. The molecular weight excluding hydrogens is 180 g/mol. The molecule has 0 aliphatic heterocycles. The molecule has 1 rings (SSSR count). The summed E-state index contributed by atoms with van der Waals surface area (Å²) in [6.07, 6.45) is 2.77. The molecule has 4 heteroatoms. The van der Waals surface area contributed by atoms with Crippen LogP contribution in [-0.2, 0) is 9.53 Å². The van der Waals surface area contributed by atoms with Gasteiger partial charge in [0, 0.05) is 7.11 Å². The van der Waals surface area contributed by atoms with Crippen molar-refractivity contribution in [3.05, 3.63) is 0 Å². The number of rotatable bonds is 2. The zero-order valence-corrected chi connectivity index (χ0v) is 7.80. The van der Waals surface area contributed by atoms with Crippen molar-refractivity contribution < 1.29 is 14.6 Å². The third-order valence-electron chi connectivity index (χ3n) is 2.41. The van der Waals surface area contributed by atoms with Gasteiger partial charge in [-0.1, -0.05) is 12.8 Å². The Morgan fingerprint density at radius 1 is 1.67 bits per heavy atom. The lowest BCUT2D eigenvalue weighted by Gasteiger charge is -2.34. The summed E-state index contributed by atoms with van der Waals surface area (Å²) in [6, 6.07) is 0. The predicted molar refractivity (Wildman–Crippen MR) is 45.5 cm³/mol. The van der Waals surface area contributed by atoms with Crippen LogP contribution < -0.4 is 0 Å². The van der Waals surface area contributed by atoms with Crippen molar-refractivity contribution >= 4 is 17.6 Å². The first-order chi connectivity index (χ1) is 5.61. The van der Waals surface area contributed by atoms with E-state index in [1.54, 1.807) is 0 Å². The molecule has 1 aliphatic rings. The molecule has 1 saturated carbocycles. The number of ether oxygens (including phenoxy) is 1. The van der Waals surface area contributed by atoms with Crippen LogP contribution in [0.3, 0.4) is 0 Å². The predicted octanol–water partition coefficient (Wildman–Crippen LogP) is 1.64. The van der Waals surface area contributed by atoms with Gasteiger partial charge in [-0.2, -0.15) is 0 Å². The zero-order chi connectivity index (χ0) is 9.19. The number of carbonyl (C=O) groups is 1. The van der Waals surface area contributed by atoms with Gasteiger partial charge in [-0.05, 0) is 12.8 Å². The third-order valence-corrected chi connectivity index (χ3v) is 3.00. The minimum absolute atomic E-state index is 0.342. The number of alkyl halides is 1. The highest BCUT2D eigenvalue weighted by molar-refractivity contribution is 6.34. The minimum atomic E-state index is -1.19. The summed E-state index contributed by atoms with van der Waals surface area (Å²) < 4.78 is 5.06. The molecule has 2 unspecified atom stereocenters. The summed E-state index contributed by atoms with van der Waals surface area (Å²) in [4.78, 5) is 9.65. The normalized spacial score (nSPS) is 36.3. The molecule has 1 fully saturated rings. The van der Waals surface area contributed by atoms with Crippen molar-refractivity contribution in [1.29, 1.82) is 0 Å². The topological polar surface area (TPSA) is 46.5 Å². The van der Waals surface area contributed by atoms with Crippen LogP contribution in [0.25, 0.3) is 0 Å². The maximum Gasteiger partial charge on any atom is 0.327 e. The largest absolute Gasteiger partial charge is 0.480 e. The first kappa shape index (κ1) is 9.81. The number of carboxylic acid groups (broad SMARTS) is 1. The Morgan fingerprint density at radius 3 is 2.75 bits per heavy atom. The molecule has 0 radical (unpaired) electrons. The van der Waals surface area contributed by atoms with Crippen LogP contribution in [0.1, 0.15) is 25.7 Å². The highest BCUT2D eigenvalue weighted by Gasteiger charge is 2.46. The Labute approximate surface area is 76.7 Å². The Balaban J connectivity index is 2.75. The average Bonchev–Trinajstić information content (AvgIpc) is 2.05. The third kappa shape index (κ3) is 1.57. The Kier molecular flexibility index (Phi) is 2.96. The SMILES string of the molecule is COC1CCCCC1(Cl)C(=O)O. The molecule has 12 heavy (non-hydrogen) atoms. The van der Waals surface area contributed by atoms with E-state index in [0.29, 0.717) is 6.42 Å². The molecule has 1 N–H and O–H groups in total. The van der Waals surface area contributed by atoms with Crippen molar-refractivity contribution in [3.8, 4) is 0 Å². The number of methoxy groups -OCH3 is 1. The van der Waals surface area contributed by atoms with Gasteiger partial charge in [0.2, 0.25) is 0 Å². The van der Waals surface area contributed by atoms with Crippen molar-refractivity contribution in [1.82, 2.24) is 0 Å². The van der Waals surface area contributed by atoms with E-state index >= 15 is 0 Å². The second kappa shape index (κ2) is 3.62. The summed E-state index contributed by atoms with van der Waals surface area (Å²) in [5.41, 5.74) is 0. The number of carboxylic acids is 1. The van der Waals surface area contributed by atoms with Gasteiger partial charge < -0.3 is 9.84 Å². The van der Waals surface area contributed by atoms with Crippen LogP contribution in [-0.4, -0.2) is 29.2 Å². The molecular formula is C8H13ClO3. The first-order valence-corrected chi connectivity index (χ1v) is 4.44. The summed E-state index contributed by atoms with van der Waals surface area (Å²) in [7, 11) is 1.51. The van der Waals surface area contributed by atoms with E-state index in [-0.39, 0.29) is 6.10 Å². The van der Waals surface area contributed by atoms with Gasteiger partial charge in [0.1, 0.15) is 0 Å². The van der Waals surface area contributed by atoms with Gasteiger partial charge in [0.15, 0.2) is 4.87 Å². The fourth-order valence-electron chi connectivity index (χ4n) is 1.65. The lowest BCUT2D eigenvalue weighted by atomic mass is 9.85. The van der Waals surface area contributed by atoms with Gasteiger partial charge in [0.05, 0.1) is 6.10 Å². The van der Waals surface area contributed by atoms with Crippen molar-refractivity contribution in [2.75, 3.05) is 7.11 Å². The van der Waals surface area contributed by atoms with Gasteiger partial charge >= 0.3 is 5.97 Å². The van der Waals surface area contributed by atoms with E-state index in [0.717, 1.165) is 19.3 Å². The van der Waals surface area contributed by atoms with Crippen LogP contribution >= 0.6 is 11.6 Å².